The SMILES string of the molecule is CC1(C)C(=O)N([Si](C)(C)CC[Si](C)(C)N2CCN([Si](C)(C)C)C2=O)C(=O)N1[Si](C)(C)C. The zero-order valence-corrected chi connectivity index (χ0v) is 25.8. The quantitative estimate of drug-likeness (QED) is 0.371. The molecule has 0 aromatic rings. The molecule has 0 aromatic carbocycles. The minimum absolute atomic E-state index is 0.0433. The number of hydrogen-bond donors (Lipinski definition) is 0. The Hall–Kier alpha value is -0.922. The van der Waals surface area contributed by atoms with Crippen LogP contribution in [0.1, 0.15) is 13.8 Å². The Morgan fingerprint density at radius 1 is 0.677 bits per heavy atom. The van der Waals surface area contributed by atoms with Crippen LogP contribution < -0.4 is 0 Å². The summed E-state index contributed by atoms with van der Waals surface area (Å²) in [4.78, 5) is 40.0. The fourth-order valence-corrected chi connectivity index (χ4v) is 17.3. The number of carbonyl (C=O) groups is 3. The van der Waals surface area contributed by atoms with Gasteiger partial charge in [-0.2, -0.15) is 0 Å². The molecule has 11 heteroatoms. The summed E-state index contributed by atoms with van der Waals surface area (Å²) in [5.74, 6) is -0.0433. The summed E-state index contributed by atoms with van der Waals surface area (Å²) >= 11 is 0. The Morgan fingerprint density at radius 3 is 1.52 bits per heavy atom. The first-order valence-corrected chi connectivity index (χ1v) is 24.6. The van der Waals surface area contributed by atoms with E-state index >= 15 is 0 Å². The van der Waals surface area contributed by atoms with Crippen LogP contribution in [0.15, 0.2) is 0 Å². The van der Waals surface area contributed by atoms with E-state index in [-0.39, 0.29) is 18.0 Å². The van der Waals surface area contributed by atoms with E-state index in [1.165, 1.54) is 0 Å². The fraction of sp³-hybridized carbons (Fsp3) is 0.850. The first kappa shape index (κ1) is 26.3. The van der Waals surface area contributed by atoms with Crippen LogP contribution in [0.25, 0.3) is 0 Å². The lowest BCUT2D eigenvalue weighted by atomic mass is 10.1. The van der Waals surface area contributed by atoms with E-state index < -0.39 is 38.5 Å². The molecule has 0 N–H and O–H groups in total. The molecule has 5 amide bonds. The second kappa shape index (κ2) is 7.84. The van der Waals surface area contributed by atoms with E-state index in [0.29, 0.717) is 0 Å². The lowest BCUT2D eigenvalue weighted by Crippen LogP contribution is -2.58. The molecule has 0 aliphatic carbocycles. The van der Waals surface area contributed by atoms with Crippen LogP contribution in [0.3, 0.4) is 0 Å². The van der Waals surface area contributed by atoms with Gasteiger partial charge in [0.2, 0.25) is 5.91 Å². The normalized spacial score (nSPS) is 21.1. The summed E-state index contributed by atoms with van der Waals surface area (Å²) in [7, 11) is -8.02. The highest BCUT2D eigenvalue weighted by Crippen LogP contribution is 2.38. The van der Waals surface area contributed by atoms with Gasteiger partial charge in [-0.3, -0.25) is 14.2 Å². The van der Waals surface area contributed by atoms with Gasteiger partial charge in [-0.25, -0.2) is 4.79 Å². The van der Waals surface area contributed by atoms with Crippen LogP contribution in [-0.2, 0) is 4.79 Å². The Balaban J connectivity index is 2.20. The van der Waals surface area contributed by atoms with E-state index in [0.717, 1.165) is 25.2 Å². The van der Waals surface area contributed by atoms with E-state index in [9.17, 15) is 14.4 Å². The Morgan fingerprint density at radius 2 is 1.13 bits per heavy atom. The van der Waals surface area contributed by atoms with E-state index in [4.69, 9.17) is 0 Å². The van der Waals surface area contributed by atoms with Crippen LogP contribution >= 0.6 is 0 Å². The van der Waals surface area contributed by atoms with Crippen LogP contribution in [0, 0.1) is 0 Å². The first-order valence-electron chi connectivity index (χ1n) is 11.4. The Bertz CT molecular complexity index is 771. The van der Waals surface area contributed by atoms with Crippen LogP contribution in [0.5, 0.6) is 0 Å². The largest absolute Gasteiger partial charge is 0.351 e. The maximum atomic E-state index is 13.5. The molecule has 2 saturated heterocycles. The number of hydrogen-bond acceptors (Lipinski definition) is 3. The molecule has 7 nitrogen and oxygen atoms in total. The Labute approximate surface area is 193 Å². The molecular formula is C20H44N4O3Si4. The van der Waals surface area contributed by atoms with Crippen molar-refractivity contribution in [1.29, 1.82) is 0 Å². The predicted octanol–water partition coefficient (Wildman–Crippen LogP) is 4.85. The molecule has 2 heterocycles. The third-order valence-corrected chi connectivity index (χ3v) is 17.9. The fourth-order valence-electron chi connectivity index (χ4n) is 5.03. The minimum atomic E-state index is -2.34. The zero-order valence-electron chi connectivity index (χ0n) is 21.8. The third-order valence-electron chi connectivity index (χ3n) is 6.84. The molecule has 2 rings (SSSR count). The summed E-state index contributed by atoms with van der Waals surface area (Å²) in [6.07, 6.45) is 0. The Kier molecular flexibility index (Phi) is 6.66. The van der Waals surface area contributed by atoms with Gasteiger partial charge in [0.25, 0.3) is 0 Å². The van der Waals surface area contributed by atoms with Gasteiger partial charge in [-0.15, -0.1) is 0 Å². The van der Waals surface area contributed by atoms with Crippen LogP contribution in [0.2, 0.25) is 77.6 Å². The van der Waals surface area contributed by atoms with Crippen molar-refractivity contribution in [2.45, 2.75) is 96.9 Å². The second-order valence-electron chi connectivity index (χ2n) is 12.9. The van der Waals surface area contributed by atoms with Gasteiger partial charge in [-0.1, -0.05) is 65.5 Å². The van der Waals surface area contributed by atoms with Gasteiger partial charge < -0.3 is 13.7 Å². The molecular weight excluding hydrogens is 457 g/mol. The molecule has 0 atom stereocenters. The summed E-state index contributed by atoms with van der Waals surface area (Å²) in [6, 6.07) is 1.87. The first-order chi connectivity index (χ1) is 13.7. The number of carbonyl (C=O) groups excluding carboxylic acids is 3. The second-order valence-corrected chi connectivity index (χ2v) is 31.8. The topological polar surface area (TPSA) is 64.2 Å². The maximum Gasteiger partial charge on any atom is 0.311 e. The molecule has 0 saturated carbocycles. The van der Waals surface area contributed by atoms with Crippen molar-refractivity contribution >= 4 is 50.9 Å². The molecule has 2 fully saturated rings. The van der Waals surface area contributed by atoms with Gasteiger partial charge in [-0.05, 0) is 25.9 Å². The molecule has 0 spiro atoms. The molecule has 2 aliphatic heterocycles. The van der Waals surface area contributed by atoms with Crippen molar-refractivity contribution in [3.8, 4) is 0 Å². The number of amides is 5. The predicted molar refractivity (Wildman–Crippen MR) is 138 cm³/mol. The standard InChI is InChI=1S/C20H44N4O3Si4/c1-20(2)17(25)23(19(27)24(20)29(6,7)8)31(11,12)16-15-30(9,10)22-14-13-21(18(22)26)28(3,4)5/h13-16H2,1-12H3. The van der Waals surface area contributed by atoms with Gasteiger partial charge in [0.1, 0.15) is 5.54 Å². The summed E-state index contributed by atoms with van der Waals surface area (Å²) in [6.45, 7) is 27.2. The number of urea groups is 2. The van der Waals surface area contributed by atoms with E-state index in [1.54, 1.807) is 4.57 Å². The molecule has 0 radical (unpaired) electrons. The highest BCUT2D eigenvalue weighted by Gasteiger charge is 2.59. The lowest BCUT2D eigenvalue weighted by Gasteiger charge is -2.39. The van der Waals surface area contributed by atoms with Gasteiger partial charge in [0, 0.05) is 13.1 Å². The van der Waals surface area contributed by atoms with Crippen molar-refractivity contribution in [3.05, 3.63) is 0 Å². The summed E-state index contributed by atoms with van der Waals surface area (Å²) in [5.41, 5.74) is -0.776. The van der Waals surface area contributed by atoms with Gasteiger partial charge >= 0.3 is 12.1 Å². The van der Waals surface area contributed by atoms with E-state index in [1.807, 2.05) is 18.4 Å². The average molecular weight is 501 g/mol. The van der Waals surface area contributed by atoms with Crippen molar-refractivity contribution in [2.24, 2.45) is 0 Å². The summed E-state index contributed by atoms with van der Waals surface area (Å²) < 4.78 is 7.78. The molecule has 2 aliphatic rings. The van der Waals surface area contributed by atoms with Crippen molar-refractivity contribution in [2.75, 3.05) is 13.1 Å². The smallest absolute Gasteiger partial charge is 0.311 e. The van der Waals surface area contributed by atoms with Crippen LogP contribution in [-0.4, -0.2) is 87.8 Å². The molecule has 31 heavy (non-hydrogen) atoms. The van der Waals surface area contributed by atoms with Crippen molar-refractivity contribution in [3.63, 3.8) is 0 Å². The third kappa shape index (κ3) is 4.74. The highest BCUT2D eigenvalue weighted by atomic mass is 28.3. The molecule has 178 valence electrons. The maximum absolute atomic E-state index is 13.5. The summed E-state index contributed by atoms with van der Waals surface area (Å²) in [5, 5.41) is 0. The van der Waals surface area contributed by atoms with Crippen LogP contribution in [0.4, 0.5) is 9.59 Å². The number of nitrogens with zero attached hydrogens (tertiary/aromatic N) is 4. The van der Waals surface area contributed by atoms with Gasteiger partial charge in [0.15, 0.2) is 32.9 Å². The van der Waals surface area contributed by atoms with Gasteiger partial charge in [0.05, 0.1) is 0 Å². The zero-order chi connectivity index (χ0) is 24.4. The molecule has 0 unspecified atom stereocenters. The van der Waals surface area contributed by atoms with E-state index in [2.05, 4.69) is 74.6 Å². The van der Waals surface area contributed by atoms with Crippen molar-refractivity contribution < 1.29 is 14.4 Å². The number of rotatable bonds is 7. The minimum Gasteiger partial charge on any atom is -0.351 e. The monoisotopic (exact) mass is 500 g/mol. The average Bonchev–Trinajstić information content (AvgIpc) is 3.01. The molecule has 0 aromatic heterocycles. The number of imide groups is 1. The van der Waals surface area contributed by atoms with Crippen molar-refractivity contribution in [1.82, 2.24) is 18.3 Å². The lowest BCUT2D eigenvalue weighted by molar-refractivity contribution is -0.128. The highest BCUT2D eigenvalue weighted by molar-refractivity contribution is 6.85. The molecule has 0 bridgehead atoms.